The molecule has 2 aromatic carbocycles. The first kappa shape index (κ1) is 74.1. The number of hydrogen-bond donors (Lipinski definition) is 0. The number of carbonyl (C=O) groups excluding carboxylic acids is 4. The Kier molecular flexibility index (Phi) is 41.3. The van der Waals surface area contributed by atoms with Crippen LogP contribution in [-0.4, -0.2) is 197 Å². The molecule has 1 aromatic heterocycles. The fraction of sp³-hybridized carbons (Fsp3) is 0.667. The van der Waals surface area contributed by atoms with Crippen LogP contribution in [0.2, 0.25) is 0 Å². The highest BCUT2D eigenvalue weighted by Gasteiger charge is 2.36. The van der Waals surface area contributed by atoms with E-state index in [4.69, 9.17) is 68.8 Å². The van der Waals surface area contributed by atoms with E-state index in [1.807, 2.05) is 82.4 Å². The lowest BCUT2D eigenvalue weighted by Gasteiger charge is -2.07. The highest BCUT2D eigenvalue weighted by molar-refractivity contribution is 5.96. The molecule has 0 radical (unpaired) electrons. The fourth-order valence-corrected chi connectivity index (χ4v) is 7.10. The average Bonchev–Trinajstić information content (AvgIpc) is 4.10. The normalized spacial score (nSPS) is 13.0. The largest absolute Gasteiger partial charge is 0.381 e. The molecule has 2 aliphatic heterocycles. The summed E-state index contributed by atoms with van der Waals surface area (Å²) in [6.45, 7) is 19.8. The van der Waals surface area contributed by atoms with Gasteiger partial charge in [0.05, 0.1) is 151 Å². The van der Waals surface area contributed by atoms with Gasteiger partial charge in [0, 0.05) is 85.4 Å². The molecular weight excluding hydrogens is 1120 g/mol. The number of terminal acetylenes is 1. The van der Waals surface area contributed by atoms with Crippen molar-refractivity contribution in [1.29, 1.82) is 0 Å². The molecule has 0 saturated carbocycles. The molecule has 86 heavy (non-hydrogen) atoms. The first-order valence-electron chi connectivity index (χ1n) is 29.4. The molecule has 476 valence electrons. The summed E-state index contributed by atoms with van der Waals surface area (Å²) >= 11 is 0. The van der Waals surface area contributed by atoms with Crippen LogP contribution in [0, 0.1) is 12.3 Å². The van der Waals surface area contributed by atoms with Gasteiger partial charge in [-0.05, 0) is 32.2 Å². The molecule has 0 N–H and O–H groups in total. The van der Waals surface area contributed by atoms with Gasteiger partial charge < -0.3 is 56.8 Å². The maximum Gasteiger partial charge on any atom is 0.213 e. The summed E-state index contributed by atoms with van der Waals surface area (Å²) in [7, 11) is 0. The van der Waals surface area contributed by atoms with Crippen LogP contribution in [0.3, 0.4) is 0 Å². The van der Waals surface area contributed by atoms with Gasteiger partial charge in [-0.3, -0.25) is 19.2 Å². The average molecular weight is 1210 g/mol. The number of hydrogen-bond acceptors (Lipinski definition) is 23. The number of aromatic nitrogens is 3. The third kappa shape index (κ3) is 36.8. The van der Waals surface area contributed by atoms with Crippen molar-refractivity contribution in [3.63, 3.8) is 0 Å². The molecule has 3 heterocycles. The van der Waals surface area contributed by atoms with Gasteiger partial charge in [0.25, 0.3) is 0 Å². The van der Waals surface area contributed by atoms with Crippen molar-refractivity contribution in [3.05, 3.63) is 93.1 Å². The second kappa shape index (κ2) is 47.9. The van der Waals surface area contributed by atoms with Gasteiger partial charge in [-0.25, -0.2) is 4.68 Å². The summed E-state index contributed by atoms with van der Waals surface area (Å²) in [5.41, 5.74) is 11.4. The number of benzene rings is 2. The van der Waals surface area contributed by atoms with E-state index in [1.54, 1.807) is 4.68 Å². The number of azide groups is 1. The minimum absolute atomic E-state index is 0.0926. The quantitative estimate of drug-likeness (QED) is 0.0128. The molecule has 2 aliphatic rings. The molecular formula is C60H90N10O16. The molecule has 26 nitrogen and oxygen atoms in total. The van der Waals surface area contributed by atoms with Crippen LogP contribution in [0.25, 0.3) is 10.4 Å². The van der Waals surface area contributed by atoms with Crippen molar-refractivity contribution >= 4 is 23.1 Å². The van der Waals surface area contributed by atoms with Crippen molar-refractivity contribution in [1.82, 2.24) is 15.0 Å². The minimum Gasteiger partial charge on any atom is -0.381 e. The van der Waals surface area contributed by atoms with Crippen molar-refractivity contribution in [3.8, 4) is 12.3 Å². The van der Waals surface area contributed by atoms with E-state index in [0.717, 1.165) is 16.8 Å². The Morgan fingerprint density at radius 2 is 0.884 bits per heavy atom. The summed E-state index contributed by atoms with van der Waals surface area (Å²) < 4.78 is 66.2. The molecule has 0 aliphatic carbocycles. The predicted molar refractivity (Wildman–Crippen MR) is 316 cm³/mol. The molecule has 0 bridgehead atoms. The minimum atomic E-state index is -0.424. The zero-order valence-corrected chi connectivity index (χ0v) is 50.8. The van der Waals surface area contributed by atoms with Crippen LogP contribution in [-0.2, 0) is 90.9 Å². The zero-order valence-electron chi connectivity index (χ0n) is 50.8. The number of carbonyl (C=O) groups is 4. The van der Waals surface area contributed by atoms with Crippen LogP contribution < -0.4 is 0 Å². The van der Waals surface area contributed by atoms with E-state index >= 15 is 0 Å². The summed E-state index contributed by atoms with van der Waals surface area (Å²) in [4.78, 5) is 49.2. The zero-order chi connectivity index (χ0) is 62.0. The Morgan fingerprint density at radius 3 is 1.27 bits per heavy atom. The second-order valence-corrected chi connectivity index (χ2v) is 19.3. The van der Waals surface area contributed by atoms with Gasteiger partial charge in [-0.1, -0.05) is 78.6 Å². The lowest BCUT2D eigenvalue weighted by Crippen LogP contribution is -2.13. The number of Topliss-reactive ketones (excluding diaryl/α,β-unsaturated/α-hetero) is 4. The smallest absolute Gasteiger partial charge is 0.213 e. The molecule has 0 amide bonds. The van der Waals surface area contributed by atoms with Crippen LogP contribution in [0.15, 0.2) is 80.3 Å². The number of rotatable bonds is 53. The van der Waals surface area contributed by atoms with Crippen LogP contribution in [0.4, 0.5) is 0 Å². The Bertz CT molecular complexity index is 2460. The first-order valence-corrected chi connectivity index (χ1v) is 29.4. The van der Waals surface area contributed by atoms with Gasteiger partial charge in [-0.15, -0.1) is 11.5 Å². The molecule has 0 fully saturated rings. The maximum atomic E-state index is 12.4. The Hall–Kier alpha value is -6.15. The molecule has 3 aromatic rings. The van der Waals surface area contributed by atoms with E-state index < -0.39 is 11.3 Å². The standard InChI is InChI=1S/C30H45N5O8.C16H28O6.C14H17N5O2/c1-3-28(36)10-13-39-15-16-40-17-18-41-19-20-42-21-22-43-24-27-23-35(34-31-27)11-14-38-12-4-5-29(37)25-6-8-26(9-7-25)30(2)32-33-30;1-3-6-18-8-10-20-12-14-22-15-13-21-11-9-19-7-5-16(17)4-2;1-14(17-18-14)12-6-4-11(5-7-12)13(20)3-2-9-21-10-8-16-19-15/h6-9,23H,3-5,10-22,24H2,1-2H3;1H,4-15H2,2H3;4-7H,2-3,8-10H2,1H3. The Balaban J connectivity index is 0.000000377. The SMILES string of the molecule is C#CCOCCOCCOCCOCCOCCC(=O)CC.CC1(c2ccc(C(=O)CCCOCCN=[N+]=[N-])cc2)N=N1.CCC(=O)CCOCCOCCOCCOCCOCc1cn(CCOCCCC(=O)c2ccc(C3(C)N=N3)cc2)nn1. The van der Waals surface area contributed by atoms with Crippen LogP contribution >= 0.6 is 0 Å². The molecule has 5 rings (SSSR count). The summed E-state index contributed by atoms with van der Waals surface area (Å²) in [5, 5.41) is 27.5. The Labute approximate surface area is 505 Å². The third-order valence-electron chi connectivity index (χ3n) is 12.4. The number of nitrogens with zero attached hydrogens (tertiary/aromatic N) is 10. The fourth-order valence-electron chi connectivity index (χ4n) is 7.10. The lowest BCUT2D eigenvalue weighted by atomic mass is 10.0. The van der Waals surface area contributed by atoms with E-state index in [0.29, 0.717) is 234 Å². The van der Waals surface area contributed by atoms with E-state index in [1.165, 1.54) is 0 Å². The lowest BCUT2D eigenvalue weighted by molar-refractivity contribution is -0.120. The molecule has 0 atom stereocenters. The topological polar surface area (TPSA) is 308 Å². The molecule has 0 saturated heterocycles. The monoisotopic (exact) mass is 1210 g/mol. The summed E-state index contributed by atoms with van der Waals surface area (Å²) in [6.07, 6.45) is 11.1. The van der Waals surface area contributed by atoms with Crippen molar-refractivity contribution in [2.75, 3.05) is 159 Å². The van der Waals surface area contributed by atoms with Crippen molar-refractivity contribution < 1.29 is 76.0 Å². The van der Waals surface area contributed by atoms with E-state index in [2.05, 4.69) is 46.7 Å². The van der Waals surface area contributed by atoms with Crippen LogP contribution in [0.5, 0.6) is 0 Å². The van der Waals surface area contributed by atoms with Gasteiger partial charge in [0.15, 0.2) is 11.6 Å². The molecule has 0 spiro atoms. The van der Waals surface area contributed by atoms with Crippen molar-refractivity contribution in [2.45, 2.75) is 104 Å². The van der Waals surface area contributed by atoms with Gasteiger partial charge >= 0.3 is 0 Å². The summed E-state index contributed by atoms with van der Waals surface area (Å²) in [6, 6.07) is 14.9. The highest BCUT2D eigenvalue weighted by Crippen LogP contribution is 2.39. The first-order chi connectivity index (χ1) is 42.0. The van der Waals surface area contributed by atoms with E-state index in [9.17, 15) is 19.2 Å². The Morgan fingerprint density at radius 1 is 0.512 bits per heavy atom. The number of ether oxygens (including phenoxy) is 12. The van der Waals surface area contributed by atoms with E-state index in [-0.39, 0.29) is 23.1 Å². The maximum absolute atomic E-state index is 12.4. The van der Waals surface area contributed by atoms with Crippen molar-refractivity contribution in [2.24, 2.45) is 25.6 Å². The third-order valence-corrected chi connectivity index (χ3v) is 12.4. The molecule has 26 heteroatoms. The second-order valence-electron chi connectivity index (χ2n) is 19.3. The van der Waals surface area contributed by atoms with Gasteiger partial charge in [0.2, 0.25) is 11.3 Å². The van der Waals surface area contributed by atoms with Crippen LogP contribution in [0.1, 0.15) is 117 Å². The predicted octanol–water partition coefficient (Wildman–Crippen LogP) is 8.24. The summed E-state index contributed by atoms with van der Waals surface area (Å²) in [5.74, 6) is 3.00. The van der Waals surface area contributed by atoms with Gasteiger partial charge in [0.1, 0.15) is 23.9 Å². The molecule has 0 unspecified atom stereocenters. The van der Waals surface area contributed by atoms with Gasteiger partial charge in [-0.2, -0.15) is 20.5 Å². The number of ketones is 4. The highest BCUT2D eigenvalue weighted by atomic mass is 16.6.